The van der Waals surface area contributed by atoms with Gasteiger partial charge in [0.1, 0.15) is 11.5 Å². The van der Waals surface area contributed by atoms with E-state index in [4.69, 9.17) is 9.47 Å². The second kappa shape index (κ2) is 13.0. The summed E-state index contributed by atoms with van der Waals surface area (Å²) < 4.78 is 11.0. The van der Waals surface area contributed by atoms with Crippen LogP contribution in [-0.4, -0.2) is 42.1 Å². The molecule has 0 aliphatic carbocycles. The summed E-state index contributed by atoms with van der Waals surface area (Å²) in [5, 5.41) is 32.5. The summed E-state index contributed by atoms with van der Waals surface area (Å²) in [5.41, 5.74) is 4.65. The minimum atomic E-state index is -0.707. The Hall–Kier alpha value is -2.90. The molecule has 3 aromatic carbocycles. The van der Waals surface area contributed by atoms with Gasteiger partial charge in [-0.3, -0.25) is 0 Å². The second-order valence-electron chi connectivity index (χ2n) is 7.99. The van der Waals surface area contributed by atoms with Crippen LogP contribution >= 0.6 is 0 Å². The maximum atomic E-state index is 10.4. The Morgan fingerprint density at radius 1 is 0.909 bits per heavy atom. The lowest BCUT2D eigenvalue weighted by Gasteiger charge is -2.14. The van der Waals surface area contributed by atoms with Crippen molar-refractivity contribution in [1.82, 2.24) is 5.32 Å². The van der Waals surface area contributed by atoms with Crippen LogP contribution in [-0.2, 0) is 30.8 Å². The molecule has 1 atom stereocenters. The average molecular weight is 452 g/mol. The summed E-state index contributed by atoms with van der Waals surface area (Å²) in [6, 6.07) is 21.2. The first-order chi connectivity index (χ1) is 16.1. The highest BCUT2D eigenvalue weighted by molar-refractivity contribution is 5.36. The largest absolute Gasteiger partial charge is 0.508 e. The third-order valence-corrected chi connectivity index (χ3v) is 5.54. The quantitative estimate of drug-likeness (QED) is 0.297. The molecule has 0 bridgehead atoms. The van der Waals surface area contributed by atoms with E-state index in [1.807, 2.05) is 18.2 Å². The average Bonchev–Trinajstić information content (AvgIpc) is 2.85. The lowest BCUT2D eigenvalue weighted by Crippen LogP contribution is -2.23. The highest BCUT2D eigenvalue weighted by Gasteiger charge is 2.10. The summed E-state index contributed by atoms with van der Waals surface area (Å²) in [6.45, 7) is 2.09. The van der Waals surface area contributed by atoms with Crippen LogP contribution in [0.25, 0.3) is 0 Å². The summed E-state index contributed by atoms with van der Waals surface area (Å²) >= 11 is 0. The molecule has 4 N–H and O–H groups in total. The fourth-order valence-electron chi connectivity index (χ4n) is 3.58. The first-order valence-corrected chi connectivity index (χ1v) is 11.2. The fraction of sp³-hybridized carbons (Fsp3) is 0.333. The molecule has 0 spiro atoms. The molecule has 6 heteroatoms. The van der Waals surface area contributed by atoms with Crippen molar-refractivity contribution in [2.24, 2.45) is 0 Å². The predicted octanol–water partition coefficient (Wildman–Crippen LogP) is 3.52. The van der Waals surface area contributed by atoms with Crippen molar-refractivity contribution in [3.63, 3.8) is 0 Å². The smallest absolute Gasteiger partial charge is 0.121 e. The molecule has 6 nitrogen and oxygen atoms in total. The molecular formula is C27H33NO5. The van der Waals surface area contributed by atoms with Crippen LogP contribution in [0.15, 0.2) is 66.7 Å². The summed E-state index contributed by atoms with van der Waals surface area (Å²) in [7, 11) is 1.66. The van der Waals surface area contributed by atoms with E-state index in [9.17, 15) is 15.3 Å². The first-order valence-electron chi connectivity index (χ1n) is 11.2. The van der Waals surface area contributed by atoms with Crippen LogP contribution in [0.2, 0.25) is 0 Å². The van der Waals surface area contributed by atoms with E-state index < -0.39 is 6.10 Å². The van der Waals surface area contributed by atoms with Gasteiger partial charge in [0, 0.05) is 12.1 Å². The Kier molecular flexibility index (Phi) is 9.72. The Bertz CT molecular complexity index is 990. The van der Waals surface area contributed by atoms with Gasteiger partial charge in [0.2, 0.25) is 0 Å². The van der Waals surface area contributed by atoms with Crippen molar-refractivity contribution in [3.8, 4) is 11.5 Å². The van der Waals surface area contributed by atoms with E-state index in [0.717, 1.165) is 30.7 Å². The van der Waals surface area contributed by atoms with Crippen molar-refractivity contribution >= 4 is 0 Å². The molecule has 0 aliphatic heterocycles. The number of ether oxygens (including phenoxy) is 2. The number of rotatable bonds is 13. The van der Waals surface area contributed by atoms with Gasteiger partial charge in [0.05, 0.1) is 33.0 Å². The number of hydrogen-bond donors (Lipinski definition) is 4. The second-order valence-corrected chi connectivity index (χ2v) is 7.99. The van der Waals surface area contributed by atoms with Gasteiger partial charge in [0.25, 0.3) is 0 Å². The van der Waals surface area contributed by atoms with Gasteiger partial charge in [-0.05, 0) is 65.9 Å². The van der Waals surface area contributed by atoms with Crippen molar-refractivity contribution < 1.29 is 24.8 Å². The van der Waals surface area contributed by atoms with Crippen LogP contribution < -0.4 is 10.1 Å². The maximum absolute atomic E-state index is 10.4. The predicted molar refractivity (Wildman–Crippen MR) is 128 cm³/mol. The van der Waals surface area contributed by atoms with Crippen molar-refractivity contribution in [2.75, 3.05) is 26.8 Å². The molecule has 0 radical (unpaired) electrons. The number of benzene rings is 3. The first kappa shape index (κ1) is 24.7. The molecule has 3 aromatic rings. The van der Waals surface area contributed by atoms with Gasteiger partial charge >= 0.3 is 0 Å². The molecular weight excluding hydrogens is 418 g/mol. The molecule has 0 saturated carbocycles. The monoisotopic (exact) mass is 451 g/mol. The molecule has 0 unspecified atom stereocenters. The maximum Gasteiger partial charge on any atom is 0.121 e. The van der Waals surface area contributed by atoms with E-state index >= 15 is 0 Å². The molecule has 3 rings (SSSR count). The molecule has 0 heterocycles. The van der Waals surface area contributed by atoms with Crippen LogP contribution in [0.1, 0.15) is 33.9 Å². The lowest BCUT2D eigenvalue weighted by atomic mass is 10.0. The topological polar surface area (TPSA) is 91.2 Å². The number of phenols is 1. The highest BCUT2D eigenvalue weighted by Crippen LogP contribution is 2.22. The number of methoxy groups -OCH3 is 1. The molecule has 33 heavy (non-hydrogen) atoms. The van der Waals surface area contributed by atoms with Crippen molar-refractivity contribution in [3.05, 3.63) is 94.5 Å². The Labute approximate surface area is 195 Å². The number of nitrogens with one attached hydrogen (secondary N) is 1. The molecule has 0 fully saturated rings. The fourth-order valence-corrected chi connectivity index (χ4v) is 3.58. The van der Waals surface area contributed by atoms with E-state index in [0.29, 0.717) is 30.9 Å². The SMILES string of the molecule is COc1ccc(CCOCc2cccc(CCNC[C@H](O)c3ccc(O)c(CO)c3)c2)cc1. The van der Waals surface area contributed by atoms with Crippen LogP contribution in [0, 0.1) is 0 Å². The van der Waals surface area contributed by atoms with Crippen molar-refractivity contribution in [1.29, 1.82) is 0 Å². The number of aromatic hydroxyl groups is 1. The zero-order valence-electron chi connectivity index (χ0n) is 19.0. The lowest BCUT2D eigenvalue weighted by molar-refractivity contribution is 0.124. The van der Waals surface area contributed by atoms with Gasteiger partial charge in [-0.1, -0.05) is 42.5 Å². The van der Waals surface area contributed by atoms with Crippen LogP contribution in [0.3, 0.4) is 0 Å². The van der Waals surface area contributed by atoms with E-state index in [1.165, 1.54) is 17.2 Å². The van der Waals surface area contributed by atoms with E-state index in [2.05, 4.69) is 35.6 Å². The zero-order chi connectivity index (χ0) is 23.5. The van der Waals surface area contributed by atoms with Gasteiger partial charge in [-0.25, -0.2) is 0 Å². The van der Waals surface area contributed by atoms with Gasteiger partial charge in [-0.15, -0.1) is 0 Å². The highest BCUT2D eigenvalue weighted by atomic mass is 16.5. The minimum absolute atomic E-state index is 0.0333. The molecule has 176 valence electrons. The normalized spacial score (nSPS) is 12.0. The van der Waals surface area contributed by atoms with Gasteiger partial charge < -0.3 is 30.1 Å². The van der Waals surface area contributed by atoms with Gasteiger partial charge in [0.15, 0.2) is 0 Å². The summed E-state index contributed by atoms with van der Waals surface area (Å²) in [4.78, 5) is 0. The zero-order valence-corrected chi connectivity index (χ0v) is 19.0. The summed E-state index contributed by atoms with van der Waals surface area (Å²) in [5.74, 6) is 0.891. The van der Waals surface area contributed by atoms with Crippen molar-refractivity contribution in [2.45, 2.75) is 32.2 Å². The number of aliphatic hydroxyl groups is 2. The van der Waals surface area contributed by atoms with E-state index in [1.54, 1.807) is 19.2 Å². The van der Waals surface area contributed by atoms with Gasteiger partial charge in [-0.2, -0.15) is 0 Å². The third kappa shape index (κ3) is 7.87. The molecule has 0 aliphatic rings. The number of hydrogen-bond acceptors (Lipinski definition) is 6. The van der Waals surface area contributed by atoms with Crippen LogP contribution in [0.4, 0.5) is 0 Å². The number of aliphatic hydroxyl groups excluding tert-OH is 2. The molecule has 0 aromatic heterocycles. The Morgan fingerprint density at radius 2 is 1.70 bits per heavy atom. The standard InChI is InChI=1S/C27H33NO5/c1-32-25-8-5-20(6-9-25)12-14-33-19-22-4-2-3-21(15-22)11-13-28-17-27(31)23-7-10-26(30)24(16-23)18-29/h2-10,15-16,27-31H,11-14,17-19H2,1H3/t27-/m0/s1. The molecule has 0 saturated heterocycles. The summed E-state index contributed by atoms with van der Waals surface area (Å²) in [6.07, 6.45) is 0.988. The Balaban J connectivity index is 1.37. The van der Waals surface area contributed by atoms with E-state index in [-0.39, 0.29) is 12.4 Å². The van der Waals surface area contributed by atoms with Crippen LogP contribution in [0.5, 0.6) is 11.5 Å². The Morgan fingerprint density at radius 3 is 2.45 bits per heavy atom. The minimum Gasteiger partial charge on any atom is -0.508 e. The third-order valence-electron chi connectivity index (χ3n) is 5.54. The molecule has 0 amide bonds.